The highest BCUT2D eigenvalue weighted by Crippen LogP contribution is 2.36. The van der Waals surface area contributed by atoms with E-state index in [1.165, 1.54) is 13.3 Å². The van der Waals surface area contributed by atoms with Crippen molar-refractivity contribution < 1.29 is 19.1 Å². The minimum absolute atomic E-state index is 0.0683. The van der Waals surface area contributed by atoms with Gasteiger partial charge in [0.05, 0.1) is 17.9 Å². The molecule has 1 heterocycles. The van der Waals surface area contributed by atoms with Crippen LogP contribution >= 0.6 is 0 Å². The van der Waals surface area contributed by atoms with Gasteiger partial charge < -0.3 is 9.64 Å². The van der Waals surface area contributed by atoms with Gasteiger partial charge in [-0.25, -0.2) is 4.79 Å². The summed E-state index contributed by atoms with van der Waals surface area (Å²) >= 11 is 0. The fourth-order valence-corrected chi connectivity index (χ4v) is 5.75. The first-order valence-corrected chi connectivity index (χ1v) is 14.0. The molecule has 2 aliphatic rings. The quantitative estimate of drug-likeness (QED) is 0.355. The Balaban J connectivity index is 1.53. The number of benzene rings is 3. The summed E-state index contributed by atoms with van der Waals surface area (Å²) in [6.45, 7) is 3.77. The van der Waals surface area contributed by atoms with Crippen LogP contribution in [0.25, 0.3) is 0 Å². The second-order valence-electron chi connectivity index (χ2n) is 10.6. The van der Waals surface area contributed by atoms with Gasteiger partial charge in [0.15, 0.2) is 5.78 Å². The molecular weight excluding hydrogens is 502 g/mol. The highest BCUT2D eigenvalue weighted by atomic mass is 16.5. The number of hydrogen-bond acceptors (Lipinski definition) is 5. The molecular formula is C33H35N3O4. The van der Waals surface area contributed by atoms with Gasteiger partial charge in [0.1, 0.15) is 6.61 Å². The molecule has 0 aromatic heterocycles. The molecule has 3 aromatic carbocycles. The molecule has 3 aromatic rings. The molecule has 0 bridgehead atoms. The monoisotopic (exact) mass is 537 g/mol. The van der Waals surface area contributed by atoms with Crippen molar-refractivity contribution in [2.24, 2.45) is 10.9 Å². The maximum atomic E-state index is 14.2. The standard InChI is InChI=1S/C33H35N3O4/c1-22-12-11-19-28-29(25-15-7-4-8-16-25)34-31(35-33(39)40-21-24-13-5-3-6-14-24)32(38)36(30(22)28)20-26-17-9-10-18-27(26)23(2)37/h3,5-6,9-14,17-19,25,31H,4,7-8,15-16,20-21H2,1-2H3,(H,35,39)/t31-/m1/s1. The Hall–Kier alpha value is -4.26. The number of rotatable bonds is 7. The van der Waals surface area contributed by atoms with Gasteiger partial charge in [-0.05, 0) is 43.4 Å². The van der Waals surface area contributed by atoms with Crippen LogP contribution in [0.1, 0.15) is 71.6 Å². The van der Waals surface area contributed by atoms with Crippen LogP contribution in [-0.2, 0) is 22.7 Å². The number of para-hydroxylation sites is 1. The lowest BCUT2D eigenvalue weighted by Gasteiger charge is -2.28. The molecule has 1 saturated carbocycles. The minimum Gasteiger partial charge on any atom is -0.445 e. The molecule has 1 aliphatic heterocycles. The first-order valence-electron chi connectivity index (χ1n) is 14.0. The topological polar surface area (TPSA) is 88.1 Å². The van der Waals surface area contributed by atoms with E-state index in [-0.39, 0.29) is 30.8 Å². The molecule has 206 valence electrons. The third-order valence-electron chi connectivity index (χ3n) is 7.74. The first kappa shape index (κ1) is 27.3. The summed E-state index contributed by atoms with van der Waals surface area (Å²) in [4.78, 5) is 46.3. The second-order valence-corrected chi connectivity index (χ2v) is 10.6. The van der Waals surface area contributed by atoms with Crippen LogP contribution in [0.3, 0.4) is 0 Å². The number of hydrogen-bond donors (Lipinski definition) is 1. The zero-order valence-electron chi connectivity index (χ0n) is 23.1. The number of benzodiazepines with no additional fused rings is 1. The van der Waals surface area contributed by atoms with E-state index in [9.17, 15) is 14.4 Å². The number of Topliss-reactive ketones (excluding diaryl/α,β-unsaturated/α-hetero) is 1. The number of aryl methyl sites for hydroxylation is 1. The van der Waals surface area contributed by atoms with Crippen molar-refractivity contribution in [2.75, 3.05) is 4.90 Å². The Labute approximate surface area is 235 Å². The normalized spacial score (nSPS) is 17.4. The third kappa shape index (κ3) is 5.98. The van der Waals surface area contributed by atoms with Crippen molar-refractivity contribution in [1.29, 1.82) is 0 Å². The zero-order chi connectivity index (χ0) is 28.1. The number of nitrogens with zero attached hydrogens (tertiary/aromatic N) is 2. The van der Waals surface area contributed by atoms with Gasteiger partial charge in [-0.2, -0.15) is 0 Å². The number of ether oxygens (including phenoxy) is 1. The van der Waals surface area contributed by atoms with E-state index in [1.807, 2.05) is 73.7 Å². The van der Waals surface area contributed by atoms with E-state index in [1.54, 1.807) is 11.0 Å². The SMILES string of the molecule is CC(=O)c1ccccc1CN1C(=O)[C@@H](NC(=O)OCc2ccccc2)N=C(C2CCCCC2)c2cccc(C)c21. The van der Waals surface area contributed by atoms with Crippen LogP contribution in [0.5, 0.6) is 0 Å². The summed E-state index contributed by atoms with van der Waals surface area (Å²) in [5.41, 5.74) is 5.62. The number of nitrogens with one attached hydrogen (secondary N) is 1. The molecule has 1 aliphatic carbocycles. The molecule has 1 N–H and O–H groups in total. The molecule has 5 rings (SSSR count). The maximum absolute atomic E-state index is 14.2. The molecule has 40 heavy (non-hydrogen) atoms. The van der Waals surface area contributed by atoms with Crippen molar-refractivity contribution >= 4 is 29.2 Å². The average molecular weight is 538 g/mol. The van der Waals surface area contributed by atoms with Gasteiger partial charge >= 0.3 is 6.09 Å². The third-order valence-corrected chi connectivity index (χ3v) is 7.74. The van der Waals surface area contributed by atoms with Crippen molar-refractivity contribution in [3.05, 3.63) is 101 Å². The van der Waals surface area contributed by atoms with E-state index in [2.05, 4.69) is 5.32 Å². The minimum atomic E-state index is -1.16. The Kier molecular flexibility index (Phi) is 8.39. The maximum Gasteiger partial charge on any atom is 0.409 e. The molecule has 7 heteroatoms. The van der Waals surface area contributed by atoms with Gasteiger partial charge in [0, 0.05) is 17.0 Å². The van der Waals surface area contributed by atoms with Crippen LogP contribution in [-0.4, -0.2) is 29.7 Å². The molecule has 2 amide bonds. The van der Waals surface area contributed by atoms with Crippen LogP contribution in [0, 0.1) is 12.8 Å². The van der Waals surface area contributed by atoms with E-state index in [4.69, 9.17) is 9.73 Å². The molecule has 7 nitrogen and oxygen atoms in total. The largest absolute Gasteiger partial charge is 0.445 e. The van der Waals surface area contributed by atoms with E-state index < -0.39 is 12.3 Å². The van der Waals surface area contributed by atoms with Crippen LogP contribution in [0.4, 0.5) is 10.5 Å². The van der Waals surface area contributed by atoms with Crippen molar-refractivity contribution in [2.45, 2.75) is 65.3 Å². The van der Waals surface area contributed by atoms with Crippen LogP contribution < -0.4 is 10.2 Å². The van der Waals surface area contributed by atoms with Crippen LogP contribution in [0.2, 0.25) is 0 Å². The smallest absolute Gasteiger partial charge is 0.409 e. The lowest BCUT2D eigenvalue weighted by molar-refractivity contribution is -0.120. The van der Waals surface area contributed by atoms with E-state index in [0.29, 0.717) is 5.56 Å². The fraction of sp³-hybridized carbons (Fsp3) is 0.333. The molecule has 0 unspecified atom stereocenters. The van der Waals surface area contributed by atoms with E-state index >= 15 is 0 Å². The van der Waals surface area contributed by atoms with Gasteiger partial charge in [-0.15, -0.1) is 0 Å². The van der Waals surface area contributed by atoms with Crippen molar-refractivity contribution in [3.63, 3.8) is 0 Å². The van der Waals surface area contributed by atoms with Gasteiger partial charge in [0.25, 0.3) is 5.91 Å². The lowest BCUT2D eigenvalue weighted by atomic mass is 9.82. The van der Waals surface area contributed by atoms with Gasteiger partial charge in [-0.3, -0.25) is 19.9 Å². The molecule has 1 atom stereocenters. The molecule has 0 saturated heterocycles. The number of amides is 2. The Morgan fingerprint density at radius 3 is 2.42 bits per heavy atom. The number of aliphatic imine (C=N–C) groups is 1. The summed E-state index contributed by atoms with van der Waals surface area (Å²) in [7, 11) is 0. The number of ketones is 1. The first-order chi connectivity index (χ1) is 19.4. The van der Waals surface area contributed by atoms with Crippen molar-refractivity contribution in [1.82, 2.24) is 5.32 Å². The van der Waals surface area contributed by atoms with Crippen molar-refractivity contribution in [3.8, 4) is 0 Å². The number of carbonyl (C=O) groups is 3. The average Bonchev–Trinajstić information content (AvgIpc) is 3.08. The number of fused-ring (bicyclic) bond motifs is 1. The Bertz CT molecular complexity index is 1430. The summed E-state index contributed by atoms with van der Waals surface area (Å²) in [5, 5.41) is 2.75. The number of carbonyl (C=O) groups excluding carboxylic acids is 3. The van der Waals surface area contributed by atoms with Gasteiger partial charge in [-0.1, -0.05) is 92.1 Å². The highest BCUT2D eigenvalue weighted by molar-refractivity contribution is 6.14. The summed E-state index contributed by atoms with van der Waals surface area (Å²) in [6, 6.07) is 22.7. The fourth-order valence-electron chi connectivity index (χ4n) is 5.75. The lowest BCUT2D eigenvalue weighted by Crippen LogP contribution is -2.47. The number of alkyl carbamates (subject to hydrolysis) is 1. The zero-order valence-corrected chi connectivity index (χ0v) is 23.1. The molecule has 1 fully saturated rings. The van der Waals surface area contributed by atoms with Crippen LogP contribution in [0.15, 0.2) is 77.8 Å². The Morgan fingerprint density at radius 2 is 1.68 bits per heavy atom. The summed E-state index contributed by atoms with van der Waals surface area (Å²) in [5.74, 6) is -0.242. The molecule has 0 radical (unpaired) electrons. The predicted molar refractivity (Wildman–Crippen MR) is 155 cm³/mol. The predicted octanol–water partition coefficient (Wildman–Crippen LogP) is 6.37. The Morgan fingerprint density at radius 1 is 0.950 bits per heavy atom. The second kappa shape index (κ2) is 12.3. The van der Waals surface area contributed by atoms with E-state index in [0.717, 1.165) is 59.3 Å². The highest BCUT2D eigenvalue weighted by Gasteiger charge is 2.36. The summed E-state index contributed by atoms with van der Waals surface area (Å²) < 4.78 is 5.47. The van der Waals surface area contributed by atoms with Gasteiger partial charge in [0.2, 0.25) is 6.17 Å². The number of anilines is 1. The summed E-state index contributed by atoms with van der Waals surface area (Å²) in [6.07, 6.45) is 3.50. The molecule has 0 spiro atoms.